The van der Waals surface area contributed by atoms with Gasteiger partial charge >= 0.3 is 0 Å². The SMILES string of the molecule is NCCc1ccc(CCCNc2cccc3c2C(=O)N(C2CCC(=O)NC2=O)C3=O)cc1. The summed E-state index contributed by atoms with van der Waals surface area (Å²) in [5, 5.41) is 5.48. The maximum absolute atomic E-state index is 13.1. The molecule has 0 bridgehead atoms. The molecule has 1 fully saturated rings. The number of imide groups is 2. The van der Waals surface area contributed by atoms with Gasteiger partial charge in [-0.25, -0.2) is 0 Å². The number of hydrogen-bond acceptors (Lipinski definition) is 6. The molecule has 2 aromatic carbocycles. The summed E-state index contributed by atoms with van der Waals surface area (Å²) in [7, 11) is 0. The highest BCUT2D eigenvalue weighted by atomic mass is 16.2. The zero-order valence-corrected chi connectivity index (χ0v) is 17.7. The normalized spacial score (nSPS) is 18.0. The second kappa shape index (κ2) is 9.32. The van der Waals surface area contributed by atoms with Gasteiger partial charge in [-0.15, -0.1) is 0 Å². The Morgan fingerprint density at radius 3 is 2.38 bits per heavy atom. The minimum atomic E-state index is -0.963. The molecule has 4 N–H and O–H groups in total. The van der Waals surface area contributed by atoms with Gasteiger partial charge in [-0.3, -0.25) is 29.4 Å². The third kappa shape index (κ3) is 4.27. The van der Waals surface area contributed by atoms with Crippen LogP contribution in [-0.2, 0) is 22.4 Å². The first-order chi connectivity index (χ1) is 15.5. The standard InChI is InChI=1S/C24H26N4O4/c25-13-12-16-8-6-15(7-9-16)3-2-14-26-18-5-1-4-17-21(18)24(32)28(23(17)31)19-10-11-20(29)27-22(19)30/h1,4-9,19,26H,2-3,10-14,25H2,(H,27,29,30). The Morgan fingerprint density at radius 1 is 0.969 bits per heavy atom. The van der Waals surface area contributed by atoms with Crippen molar-refractivity contribution in [3.8, 4) is 0 Å². The van der Waals surface area contributed by atoms with E-state index >= 15 is 0 Å². The number of aryl methyl sites for hydroxylation is 1. The number of carbonyl (C=O) groups is 4. The van der Waals surface area contributed by atoms with Crippen LogP contribution < -0.4 is 16.4 Å². The number of nitrogens with one attached hydrogen (secondary N) is 2. The molecule has 4 rings (SSSR count). The molecule has 2 heterocycles. The molecule has 1 unspecified atom stereocenters. The minimum absolute atomic E-state index is 0.0993. The van der Waals surface area contributed by atoms with Gasteiger partial charge < -0.3 is 11.1 Å². The molecule has 2 aliphatic heterocycles. The molecule has 2 aliphatic rings. The van der Waals surface area contributed by atoms with Crippen LogP contribution >= 0.6 is 0 Å². The van der Waals surface area contributed by atoms with E-state index in [1.165, 1.54) is 11.1 Å². The molecule has 0 radical (unpaired) electrons. The lowest BCUT2D eigenvalue weighted by atomic mass is 10.0. The number of amides is 4. The molecular weight excluding hydrogens is 408 g/mol. The van der Waals surface area contributed by atoms with Gasteiger partial charge in [0.25, 0.3) is 11.8 Å². The Kier molecular flexibility index (Phi) is 6.32. The van der Waals surface area contributed by atoms with E-state index < -0.39 is 23.8 Å². The molecule has 2 aromatic rings. The summed E-state index contributed by atoms with van der Waals surface area (Å²) < 4.78 is 0. The van der Waals surface area contributed by atoms with Crippen molar-refractivity contribution in [1.29, 1.82) is 0 Å². The van der Waals surface area contributed by atoms with Gasteiger partial charge in [0.2, 0.25) is 11.8 Å². The number of nitrogens with zero attached hydrogens (tertiary/aromatic N) is 1. The van der Waals surface area contributed by atoms with E-state index in [0.29, 0.717) is 18.8 Å². The van der Waals surface area contributed by atoms with E-state index in [1.807, 2.05) is 0 Å². The summed E-state index contributed by atoms with van der Waals surface area (Å²) in [5.74, 6) is -2.00. The van der Waals surface area contributed by atoms with Gasteiger partial charge in [0, 0.05) is 18.7 Å². The van der Waals surface area contributed by atoms with Crippen LogP contribution in [0.1, 0.15) is 51.1 Å². The van der Waals surface area contributed by atoms with E-state index in [-0.39, 0.29) is 29.9 Å². The summed E-state index contributed by atoms with van der Waals surface area (Å²) in [6.07, 6.45) is 2.83. The average Bonchev–Trinajstić information content (AvgIpc) is 3.04. The van der Waals surface area contributed by atoms with Crippen LogP contribution in [0.25, 0.3) is 0 Å². The van der Waals surface area contributed by atoms with E-state index in [9.17, 15) is 19.2 Å². The molecule has 1 atom stereocenters. The van der Waals surface area contributed by atoms with Crippen LogP contribution in [0, 0.1) is 0 Å². The van der Waals surface area contributed by atoms with Crippen molar-refractivity contribution in [2.24, 2.45) is 5.73 Å². The molecule has 0 aromatic heterocycles. The Bertz CT molecular complexity index is 1060. The minimum Gasteiger partial charge on any atom is -0.384 e. The molecular formula is C24H26N4O4. The molecule has 8 nitrogen and oxygen atoms in total. The van der Waals surface area contributed by atoms with Crippen LogP contribution in [0.4, 0.5) is 5.69 Å². The number of piperidine rings is 1. The number of nitrogens with two attached hydrogens (primary N) is 1. The van der Waals surface area contributed by atoms with Gasteiger partial charge in [0.15, 0.2) is 0 Å². The number of carbonyl (C=O) groups excluding carboxylic acids is 4. The average molecular weight is 434 g/mol. The molecule has 166 valence electrons. The summed E-state index contributed by atoms with van der Waals surface area (Å²) in [6.45, 7) is 1.26. The summed E-state index contributed by atoms with van der Waals surface area (Å²) in [4.78, 5) is 50.6. The molecule has 0 saturated carbocycles. The molecule has 4 amide bonds. The van der Waals surface area contributed by atoms with E-state index in [0.717, 1.165) is 24.2 Å². The van der Waals surface area contributed by atoms with E-state index in [2.05, 4.69) is 34.9 Å². The Labute approximate surface area is 186 Å². The second-order valence-electron chi connectivity index (χ2n) is 8.06. The predicted octanol–water partition coefficient (Wildman–Crippen LogP) is 1.63. The third-order valence-electron chi connectivity index (χ3n) is 5.88. The van der Waals surface area contributed by atoms with Crippen molar-refractivity contribution in [3.63, 3.8) is 0 Å². The molecule has 0 aliphatic carbocycles. The molecule has 8 heteroatoms. The number of rotatable bonds is 8. The lowest BCUT2D eigenvalue weighted by Gasteiger charge is -2.27. The zero-order valence-electron chi connectivity index (χ0n) is 17.7. The lowest BCUT2D eigenvalue weighted by molar-refractivity contribution is -0.136. The van der Waals surface area contributed by atoms with Crippen molar-refractivity contribution >= 4 is 29.3 Å². The van der Waals surface area contributed by atoms with Crippen molar-refractivity contribution in [3.05, 3.63) is 64.7 Å². The van der Waals surface area contributed by atoms with Gasteiger partial charge in [-0.2, -0.15) is 0 Å². The van der Waals surface area contributed by atoms with Gasteiger partial charge in [0.1, 0.15) is 6.04 Å². The Hall–Kier alpha value is -3.52. The first-order valence-corrected chi connectivity index (χ1v) is 10.9. The smallest absolute Gasteiger partial charge is 0.264 e. The van der Waals surface area contributed by atoms with Crippen molar-refractivity contribution < 1.29 is 19.2 Å². The zero-order chi connectivity index (χ0) is 22.7. The summed E-state index contributed by atoms with van der Waals surface area (Å²) in [5.41, 5.74) is 9.17. The second-order valence-corrected chi connectivity index (χ2v) is 8.06. The Morgan fingerprint density at radius 2 is 1.69 bits per heavy atom. The van der Waals surface area contributed by atoms with Crippen LogP contribution in [-0.4, -0.2) is 47.7 Å². The Balaban J connectivity index is 1.40. The molecule has 1 saturated heterocycles. The van der Waals surface area contributed by atoms with Crippen molar-refractivity contribution in [2.75, 3.05) is 18.4 Å². The van der Waals surface area contributed by atoms with Gasteiger partial charge in [-0.05, 0) is 55.5 Å². The number of anilines is 1. The van der Waals surface area contributed by atoms with Gasteiger partial charge in [-0.1, -0.05) is 30.3 Å². The number of benzene rings is 2. The monoisotopic (exact) mass is 434 g/mol. The fourth-order valence-corrected chi connectivity index (χ4v) is 4.22. The lowest BCUT2D eigenvalue weighted by Crippen LogP contribution is -2.54. The largest absolute Gasteiger partial charge is 0.384 e. The predicted molar refractivity (Wildman–Crippen MR) is 119 cm³/mol. The maximum atomic E-state index is 13.1. The highest BCUT2D eigenvalue weighted by Crippen LogP contribution is 2.32. The van der Waals surface area contributed by atoms with E-state index in [4.69, 9.17) is 5.73 Å². The first kappa shape index (κ1) is 21.7. The number of fused-ring (bicyclic) bond motifs is 1. The highest BCUT2D eigenvalue weighted by Gasteiger charge is 2.45. The fourth-order valence-electron chi connectivity index (χ4n) is 4.22. The first-order valence-electron chi connectivity index (χ1n) is 10.9. The molecule has 0 spiro atoms. The van der Waals surface area contributed by atoms with Gasteiger partial charge in [0.05, 0.1) is 11.1 Å². The van der Waals surface area contributed by atoms with Crippen molar-refractivity contribution in [2.45, 2.75) is 38.1 Å². The summed E-state index contributed by atoms with van der Waals surface area (Å²) in [6, 6.07) is 12.5. The molecule has 32 heavy (non-hydrogen) atoms. The highest BCUT2D eigenvalue weighted by molar-refractivity contribution is 6.25. The maximum Gasteiger partial charge on any atom is 0.264 e. The topological polar surface area (TPSA) is 122 Å². The van der Waals surface area contributed by atoms with Crippen LogP contribution in [0.15, 0.2) is 42.5 Å². The number of hydrogen-bond donors (Lipinski definition) is 3. The van der Waals surface area contributed by atoms with E-state index in [1.54, 1.807) is 18.2 Å². The summed E-state index contributed by atoms with van der Waals surface area (Å²) >= 11 is 0. The quantitative estimate of drug-likeness (QED) is 0.429. The van der Waals surface area contributed by atoms with Crippen LogP contribution in [0.5, 0.6) is 0 Å². The third-order valence-corrected chi connectivity index (χ3v) is 5.88. The van der Waals surface area contributed by atoms with Crippen molar-refractivity contribution in [1.82, 2.24) is 10.2 Å². The van der Waals surface area contributed by atoms with Crippen LogP contribution in [0.3, 0.4) is 0 Å². The van der Waals surface area contributed by atoms with Crippen LogP contribution in [0.2, 0.25) is 0 Å². The fraction of sp³-hybridized carbons (Fsp3) is 0.333.